The summed E-state index contributed by atoms with van der Waals surface area (Å²) >= 11 is 1.91. The van der Waals surface area contributed by atoms with E-state index in [2.05, 4.69) is 395 Å². The zero-order valence-electron chi connectivity index (χ0n) is 54.4. The number of fused-ring (bicyclic) bond motifs is 8. The highest BCUT2D eigenvalue weighted by atomic mass is 32.2. The van der Waals surface area contributed by atoms with Gasteiger partial charge in [-0.25, -0.2) is 0 Å². The molecule has 4 aliphatic rings. The zero-order valence-corrected chi connectivity index (χ0v) is 55.3. The molecule has 8 heteroatoms. The van der Waals surface area contributed by atoms with Crippen molar-refractivity contribution in [1.29, 1.82) is 0 Å². The molecule has 464 valence electrons. The third-order valence-corrected chi connectivity index (χ3v) is 21.5. The van der Waals surface area contributed by atoms with Crippen molar-refractivity contribution < 1.29 is 0 Å². The standard InChI is InChI=1S/C91H63B2N5S/c1-62-28-27-43-76(67-33-13-4-14-34-67)91(62)98-83-61-87-80(60-79(83)92-77-44-23-25-46-81(77)96(70-39-19-7-20-40-70)84-56-74(57-85(98)89(84)92)94(68-35-15-5-16-36-68)69-37-17-6-18-38-69)93-78-45-24-26-47-82(78)97(71-41-21-8-22-42-71)86-58-75(59-88(99-87)90(86)93)95(72-52-48-65(49-53-72)63-29-9-2-10-30-63)73-54-50-66(51-55-73)64-31-11-3-12-32-64/h2-61H,1H3. The number of hydrogen-bond donors (Lipinski definition) is 0. The fraction of sp³-hybridized carbons (Fsp3) is 0.0110. The fourth-order valence-corrected chi connectivity index (χ4v) is 17.3. The van der Waals surface area contributed by atoms with Gasteiger partial charge in [0.2, 0.25) is 6.71 Å². The number of aryl methyl sites for hydroxylation is 1. The zero-order chi connectivity index (χ0) is 65.5. The van der Waals surface area contributed by atoms with Crippen LogP contribution < -0.4 is 57.3 Å². The molecule has 0 aromatic heterocycles. The molecule has 99 heavy (non-hydrogen) atoms. The minimum atomic E-state index is -0.161. The van der Waals surface area contributed by atoms with Crippen LogP contribution in [0.25, 0.3) is 33.4 Å². The van der Waals surface area contributed by atoms with Crippen LogP contribution in [-0.2, 0) is 0 Å². The molecule has 0 saturated carbocycles. The van der Waals surface area contributed by atoms with Gasteiger partial charge in [0.15, 0.2) is 0 Å². The summed E-state index contributed by atoms with van der Waals surface area (Å²) < 4.78 is 0. The summed E-state index contributed by atoms with van der Waals surface area (Å²) in [6.07, 6.45) is 0. The Balaban J connectivity index is 0.888. The molecule has 0 N–H and O–H groups in total. The Hall–Kier alpha value is -12.2. The Morgan fingerprint density at radius 1 is 0.253 bits per heavy atom. The maximum atomic E-state index is 2.67. The lowest BCUT2D eigenvalue weighted by Gasteiger charge is -2.46. The van der Waals surface area contributed by atoms with Gasteiger partial charge in [0.05, 0.1) is 11.4 Å². The topological polar surface area (TPSA) is 16.2 Å². The smallest absolute Gasteiger partial charge is 0.252 e. The van der Waals surface area contributed by atoms with Gasteiger partial charge >= 0.3 is 0 Å². The van der Waals surface area contributed by atoms with Crippen molar-refractivity contribution in [2.24, 2.45) is 0 Å². The summed E-state index contributed by atoms with van der Waals surface area (Å²) in [7, 11) is 0. The molecule has 4 aliphatic heterocycles. The summed E-state index contributed by atoms with van der Waals surface area (Å²) in [6, 6.07) is 135. The van der Waals surface area contributed by atoms with Gasteiger partial charge < -0.3 is 24.5 Å². The molecular weight excluding hydrogens is 1220 g/mol. The van der Waals surface area contributed by atoms with Crippen LogP contribution in [0.4, 0.5) is 85.3 Å². The van der Waals surface area contributed by atoms with E-state index >= 15 is 0 Å². The Kier molecular flexibility index (Phi) is 14.2. The van der Waals surface area contributed by atoms with E-state index in [-0.39, 0.29) is 13.4 Å². The van der Waals surface area contributed by atoms with Crippen molar-refractivity contribution >= 4 is 143 Å². The van der Waals surface area contributed by atoms with Crippen LogP contribution in [0, 0.1) is 6.92 Å². The number of rotatable bonds is 12. The molecular formula is C91H63B2N5S. The van der Waals surface area contributed by atoms with Crippen LogP contribution in [0.5, 0.6) is 0 Å². The molecule has 0 aliphatic carbocycles. The second-order valence-corrected chi connectivity index (χ2v) is 27.1. The summed E-state index contributed by atoms with van der Waals surface area (Å²) in [6.45, 7) is 2.02. The first kappa shape index (κ1) is 58.2. The van der Waals surface area contributed by atoms with Gasteiger partial charge in [-0.05, 0) is 183 Å². The van der Waals surface area contributed by atoms with Crippen molar-refractivity contribution in [2.45, 2.75) is 16.7 Å². The molecule has 4 heterocycles. The molecule has 0 radical (unpaired) electrons. The monoisotopic (exact) mass is 1280 g/mol. The Bertz CT molecular complexity index is 5430. The van der Waals surface area contributed by atoms with E-state index in [9.17, 15) is 0 Å². The molecule has 0 bridgehead atoms. The molecule has 0 saturated heterocycles. The highest BCUT2D eigenvalue weighted by Crippen LogP contribution is 2.53. The lowest BCUT2D eigenvalue weighted by Crippen LogP contribution is -2.64. The third kappa shape index (κ3) is 9.81. The molecule has 0 unspecified atom stereocenters. The fourth-order valence-electron chi connectivity index (χ4n) is 16.0. The van der Waals surface area contributed by atoms with E-state index in [1.807, 2.05) is 11.8 Å². The molecule has 0 spiro atoms. The highest BCUT2D eigenvalue weighted by Gasteiger charge is 2.48. The van der Waals surface area contributed by atoms with Gasteiger partial charge in [-0.3, -0.25) is 0 Å². The number of para-hydroxylation sites is 7. The van der Waals surface area contributed by atoms with Gasteiger partial charge in [-0.2, -0.15) is 0 Å². The van der Waals surface area contributed by atoms with E-state index < -0.39 is 0 Å². The van der Waals surface area contributed by atoms with Crippen molar-refractivity contribution in [1.82, 2.24) is 0 Å². The van der Waals surface area contributed by atoms with Crippen molar-refractivity contribution in [2.75, 3.05) is 24.5 Å². The van der Waals surface area contributed by atoms with E-state index in [1.54, 1.807) is 0 Å². The minimum absolute atomic E-state index is 0.120. The molecule has 19 rings (SSSR count). The number of anilines is 15. The summed E-state index contributed by atoms with van der Waals surface area (Å²) in [5.41, 5.74) is 32.6. The normalized spacial score (nSPS) is 12.8. The van der Waals surface area contributed by atoms with Crippen molar-refractivity contribution in [3.63, 3.8) is 0 Å². The Morgan fingerprint density at radius 2 is 0.646 bits per heavy atom. The second kappa shape index (κ2) is 24.2. The average molecular weight is 1280 g/mol. The first-order valence-corrected chi connectivity index (χ1v) is 34.9. The Morgan fingerprint density at radius 3 is 1.15 bits per heavy atom. The minimum Gasteiger partial charge on any atom is -0.311 e. The average Bonchev–Trinajstić information content (AvgIpc) is 0.689. The third-order valence-electron chi connectivity index (χ3n) is 20.3. The van der Waals surface area contributed by atoms with Gasteiger partial charge in [0.25, 0.3) is 6.71 Å². The van der Waals surface area contributed by atoms with Crippen LogP contribution in [0.1, 0.15) is 5.56 Å². The molecule has 0 atom stereocenters. The number of hydrogen-bond acceptors (Lipinski definition) is 6. The van der Waals surface area contributed by atoms with Gasteiger partial charge in [0.1, 0.15) is 0 Å². The van der Waals surface area contributed by atoms with Crippen LogP contribution in [-0.4, -0.2) is 13.4 Å². The summed E-state index contributed by atoms with van der Waals surface area (Å²) in [5.74, 6) is 0. The largest absolute Gasteiger partial charge is 0.311 e. The van der Waals surface area contributed by atoms with Gasteiger partial charge in [-0.1, -0.05) is 266 Å². The summed E-state index contributed by atoms with van der Waals surface area (Å²) in [5, 5.41) is 0. The lowest BCUT2D eigenvalue weighted by molar-refractivity contribution is 1.21. The molecule has 0 amide bonds. The number of benzene rings is 15. The van der Waals surface area contributed by atoms with E-state index in [0.29, 0.717) is 0 Å². The first-order valence-electron chi connectivity index (χ1n) is 34.1. The van der Waals surface area contributed by atoms with Crippen LogP contribution in [0.2, 0.25) is 0 Å². The molecule has 15 aromatic rings. The van der Waals surface area contributed by atoms with Crippen LogP contribution in [0.15, 0.2) is 374 Å². The Labute approximate surface area is 583 Å². The SMILES string of the molecule is Cc1cccc(-c2ccccc2)c1N1c2cc3c(cc2B2c4ccccc4N(c4ccccc4)c4cc(N(c5ccccc5)c5ccccc5)cc1c42)B1c2ccccc2N(c2ccccc2)c2cc(N(c4ccc(-c5ccccc5)cc4)c4ccc(-c5ccccc5)cc4)cc(c21)S3. The predicted molar refractivity (Wildman–Crippen MR) is 421 cm³/mol. The van der Waals surface area contributed by atoms with E-state index in [4.69, 9.17) is 0 Å². The molecule has 15 aromatic carbocycles. The lowest BCUT2D eigenvalue weighted by atomic mass is 9.31. The van der Waals surface area contributed by atoms with E-state index in [1.165, 1.54) is 87.3 Å². The van der Waals surface area contributed by atoms with E-state index in [0.717, 1.165) is 79.5 Å². The quantitative estimate of drug-likeness (QED) is 0.113. The first-order chi connectivity index (χ1) is 49.1. The van der Waals surface area contributed by atoms with Gasteiger partial charge in [0, 0.05) is 89.3 Å². The molecule has 0 fully saturated rings. The van der Waals surface area contributed by atoms with Crippen molar-refractivity contribution in [3.8, 4) is 33.4 Å². The highest BCUT2D eigenvalue weighted by molar-refractivity contribution is 8.00. The van der Waals surface area contributed by atoms with Crippen molar-refractivity contribution in [3.05, 3.63) is 370 Å². The second-order valence-electron chi connectivity index (χ2n) is 26.0. The predicted octanol–water partition coefficient (Wildman–Crippen LogP) is 20.8. The summed E-state index contributed by atoms with van der Waals surface area (Å²) in [4.78, 5) is 15.1. The van der Waals surface area contributed by atoms with Crippen LogP contribution in [0.3, 0.4) is 0 Å². The molecule has 5 nitrogen and oxygen atoms in total. The maximum Gasteiger partial charge on any atom is 0.252 e. The maximum absolute atomic E-state index is 2.67. The van der Waals surface area contributed by atoms with Crippen LogP contribution >= 0.6 is 11.8 Å². The van der Waals surface area contributed by atoms with Gasteiger partial charge in [-0.15, -0.1) is 0 Å². The number of nitrogens with zero attached hydrogens (tertiary/aromatic N) is 5.